The van der Waals surface area contributed by atoms with Gasteiger partial charge in [0.2, 0.25) is 0 Å². The summed E-state index contributed by atoms with van der Waals surface area (Å²) in [6.45, 7) is 0. The third-order valence-electron chi connectivity index (χ3n) is 1.58. The SMILES string of the molecule is Nc1nc(=O)[nH]cc1Br.Nc1nc(=O)[nH]cc1I. The van der Waals surface area contributed by atoms with Gasteiger partial charge in [0.25, 0.3) is 0 Å². The summed E-state index contributed by atoms with van der Waals surface area (Å²) in [6, 6.07) is 0. The number of nitrogens with two attached hydrogens (primary N) is 2. The second-order valence-electron chi connectivity index (χ2n) is 2.88. The van der Waals surface area contributed by atoms with Crippen LogP contribution in [0.3, 0.4) is 0 Å². The molecule has 18 heavy (non-hydrogen) atoms. The first-order valence-electron chi connectivity index (χ1n) is 4.41. The Balaban J connectivity index is 0.000000180. The van der Waals surface area contributed by atoms with Crippen LogP contribution in [-0.2, 0) is 0 Å². The number of anilines is 2. The molecule has 0 aromatic carbocycles. The highest BCUT2D eigenvalue weighted by Gasteiger charge is 1.94. The van der Waals surface area contributed by atoms with Gasteiger partial charge < -0.3 is 21.4 Å². The summed E-state index contributed by atoms with van der Waals surface area (Å²) in [7, 11) is 0. The van der Waals surface area contributed by atoms with Crippen molar-refractivity contribution in [2.24, 2.45) is 0 Å². The summed E-state index contributed by atoms with van der Waals surface area (Å²) in [6.07, 6.45) is 2.97. The molecule has 0 saturated heterocycles. The number of hydrogen-bond donors (Lipinski definition) is 4. The number of aromatic nitrogens is 4. The maximum Gasteiger partial charge on any atom is 0.346 e. The van der Waals surface area contributed by atoms with Crippen molar-refractivity contribution in [1.82, 2.24) is 19.9 Å². The highest BCUT2D eigenvalue weighted by molar-refractivity contribution is 14.1. The van der Waals surface area contributed by atoms with Crippen LogP contribution in [-0.4, -0.2) is 19.9 Å². The lowest BCUT2D eigenvalue weighted by atomic mass is 10.6. The maximum atomic E-state index is 10.4. The van der Waals surface area contributed by atoms with Crippen LogP contribution < -0.4 is 22.8 Å². The molecule has 0 aliphatic rings. The summed E-state index contributed by atoms with van der Waals surface area (Å²) in [4.78, 5) is 32.3. The molecule has 10 heteroatoms. The van der Waals surface area contributed by atoms with Crippen LogP contribution in [0, 0.1) is 3.57 Å². The zero-order valence-electron chi connectivity index (χ0n) is 8.78. The lowest BCUT2D eigenvalue weighted by molar-refractivity contribution is 1.07. The summed E-state index contributed by atoms with van der Waals surface area (Å²) in [5.41, 5.74) is 9.68. The quantitative estimate of drug-likeness (QED) is 0.439. The Labute approximate surface area is 123 Å². The van der Waals surface area contributed by atoms with Gasteiger partial charge in [-0.05, 0) is 38.5 Å². The Morgan fingerprint density at radius 2 is 1.56 bits per heavy atom. The zero-order chi connectivity index (χ0) is 13.7. The van der Waals surface area contributed by atoms with Crippen LogP contribution in [0.1, 0.15) is 0 Å². The fourth-order valence-electron chi connectivity index (χ4n) is 0.788. The molecule has 0 atom stereocenters. The Morgan fingerprint density at radius 1 is 1.06 bits per heavy atom. The number of hydrogen-bond acceptors (Lipinski definition) is 6. The fraction of sp³-hybridized carbons (Fsp3) is 0. The second-order valence-corrected chi connectivity index (χ2v) is 4.89. The van der Waals surface area contributed by atoms with E-state index in [0.29, 0.717) is 4.47 Å². The molecule has 2 aromatic heterocycles. The van der Waals surface area contributed by atoms with Gasteiger partial charge in [-0.1, -0.05) is 0 Å². The fourth-order valence-corrected chi connectivity index (χ4v) is 1.27. The molecule has 0 bridgehead atoms. The Morgan fingerprint density at radius 3 is 1.94 bits per heavy atom. The standard InChI is InChI=1S/C4H4BrN3O.C4H4IN3O/c2*5-2-1-7-4(9)8-3(2)6/h2*1H,(H3,6,7,8,9). The van der Waals surface area contributed by atoms with Crippen LogP contribution in [0.15, 0.2) is 26.5 Å². The van der Waals surface area contributed by atoms with Gasteiger partial charge >= 0.3 is 11.4 Å². The number of rotatable bonds is 0. The Bertz CT molecular complexity index is 597. The molecule has 2 heterocycles. The number of halogens is 2. The molecule has 0 aliphatic heterocycles. The molecule has 0 spiro atoms. The molecular formula is C8H8BrIN6O2. The minimum atomic E-state index is -0.435. The van der Waals surface area contributed by atoms with Gasteiger partial charge in [0, 0.05) is 12.4 Å². The highest BCUT2D eigenvalue weighted by atomic mass is 127. The molecule has 0 saturated carbocycles. The monoisotopic (exact) mass is 426 g/mol. The smallest absolute Gasteiger partial charge is 0.346 e. The summed E-state index contributed by atoms with van der Waals surface area (Å²) >= 11 is 5.06. The van der Waals surface area contributed by atoms with Gasteiger partial charge in [-0.25, -0.2) is 9.59 Å². The molecule has 0 radical (unpaired) electrons. The van der Waals surface area contributed by atoms with Crippen molar-refractivity contribution < 1.29 is 0 Å². The highest BCUT2D eigenvalue weighted by Crippen LogP contribution is 2.10. The van der Waals surface area contributed by atoms with Gasteiger partial charge in [-0.2, -0.15) is 9.97 Å². The van der Waals surface area contributed by atoms with Gasteiger partial charge in [0.1, 0.15) is 11.6 Å². The molecule has 2 rings (SSSR count). The van der Waals surface area contributed by atoms with Gasteiger partial charge in [0.05, 0.1) is 8.04 Å². The van der Waals surface area contributed by atoms with E-state index in [4.69, 9.17) is 11.5 Å². The van der Waals surface area contributed by atoms with Gasteiger partial charge in [-0.3, -0.25) is 0 Å². The average molecular weight is 427 g/mol. The lowest BCUT2D eigenvalue weighted by Crippen LogP contribution is -2.12. The van der Waals surface area contributed by atoms with Gasteiger partial charge in [-0.15, -0.1) is 0 Å². The largest absolute Gasteiger partial charge is 0.383 e. The number of nitrogens with one attached hydrogen (secondary N) is 2. The number of H-pyrrole nitrogens is 2. The van der Waals surface area contributed by atoms with Crippen molar-refractivity contribution in [2.45, 2.75) is 0 Å². The van der Waals surface area contributed by atoms with E-state index in [1.165, 1.54) is 12.4 Å². The summed E-state index contributed by atoms with van der Waals surface area (Å²) in [5.74, 6) is 0.484. The number of nitrogen functional groups attached to an aromatic ring is 2. The molecule has 0 aliphatic carbocycles. The van der Waals surface area contributed by atoms with Crippen molar-refractivity contribution in [3.63, 3.8) is 0 Å². The molecule has 6 N–H and O–H groups in total. The molecule has 0 amide bonds. The average Bonchev–Trinajstić information content (AvgIpc) is 2.30. The topological polar surface area (TPSA) is 144 Å². The van der Waals surface area contributed by atoms with Crippen molar-refractivity contribution in [3.05, 3.63) is 41.4 Å². The van der Waals surface area contributed by atoms with E-state index in [-0.39, 0.29) is 11.6 Å². The molecule has 0 fully saturated rings. The maximum absolute atomic E-state index is 10.4. The minimum absolute atomic E-state index is 0.207. The predicted octanol–water partition coefficient (Wildman–Crippen LogP) is 0.0713. The first-order chi connectivity index (χ1) is 8.40. The van der Waals surface area contributed by atoms with Crippen LogP contribution in [0.4, 0.5) is 11.6 Å². The molecule has 8 nitrogen and oxygen atoms in total. The van der Waals surface area contributed by atoms with Crippen LogP contribution >= 0.6 is 38.5 Å². The van der Waals surface area contributed by atoms with E-state index in [9.17, 15) is 9.59 Å². The summed E-state index contributed by atoms with van der Waals surface area (Å²) < 4.78 is 1.36. The first kappa shape index (κ1) is 14.6. The second kappa shape index (κ2) is 6.49. The summed E-state index contributed by atoms with van der Waals surface area (Å²) in [5, 5.41) is 0. The van der Waals surface area contributed by atoms with Crippen molar-refractivity contribution in [2.75, 3.05) is 11.5 Å². The lowest BCUT2D eigenvalue weighted by Gasteiger charge is -1.90. The van der Waals surface area contributed by atoms with Crippen molar-refractivity contribution >= 4 is 50.2 Å². The van der Waals surface area contributed by atoms with E-state index in [1.54, 1.807) is 0 Å². The zero-order valence-corrected chi connectivity index (χ0v) is 12.5. The Hall–Kier alpha value is -1.43. The first-order valence-corrected chi connectivity index (χ1v) is 6.28. The molecule has 0 unspecified atom stereocenters. The third-order valence-corrected chi connectivity index (χ3v) is 3.08. The molecule has 96 valence electrons. The Kier molecular flexibility index (Phi) is 5.27. The van der Waals surface area contributed by atoms with Crippen LogP contribution in [0.25, 0.3) is 0 Å². The van der Waals surface area contributed by atoms with Crippen molar-refractivity contribution in [1.29, 1.82) is 0 Å². The normalized spacial score (nSPS) is 9.44. The van der Waals surface area contributed by atoms with E-state index in [1.807, 2.05) is 22.6 Å². The van der Waals surface area contributed by atoms with E-state index < -0.39 is 11.4 Å². The minimum Gasteiger partial charge on any atom is -0.383 e. The van der Waals surface area contributed by atoms with Crippen LogP contribution in [0.5, 0.6) is 0 Å². The molecule has 2 aromatic rings. The van der Waals surface area contributed by atoms with E-state index >= 15 is 0 Å². The third kappa shape index (κ3) is 4.44. The van der Waals surface area contributed by atoms with Gasteiger partial charge in [0.15, 0.2) is 0 Å². The number of aromatic amines is 2. The van der Waals surface area contributed by atoms with E-state index in [2.05, 4.69) is 35.9 Å². The predicted molar refractivity (Wildman–Crippen MR) is 79.0 cm³/mol. The van der Waals surface area contributed by atoms with Crippen LogP contribution in [0.2, 0.25) is 0 Å². The van der Waals surface area contributed by atoms with E-state index in [0.717, 1.165) is 3.57 Å². The van der Waals surface area contributed by atoms with Crippen molar-refractivity contribution in [3.8, 4) is 0 Å². The molecular weight excluding hydrogens is 419 g/mol. The number of nitrogens with zero attached hydrogens (tertiary/aromatic N) is 2.